The third-order valence-electron chi connectivity index (χ3n) is 6.50. The first-order valence-electron chi connectivity index (χ1n) is 12.4. The van der Waals surface area contributed by atoms with Crippen LogP contribution in [0.5, 0.6) is 5.75 Å². The number of ether oxygens (including phenoxy) is 1. The van der Waals surface area contributed by atoms with E-state index >= 15 is 0 Å². The number of para-hydroxylation sites is 1. The molecular weight excluding hydrogens is 438 g/mol. The second-order valence-corrected chi connectivity index (χ2v) is 9.74. The van der Waals surface area contributed by atoms with Gasteiger partial charge >= 0.3 is 0 Å². The summed E-state index contributed by atoms with van der Waals surface area (Å²) in [5.41, 5.74) is 3.73. The van der Waals surface area contributed by atoms with Crippen molar-refractivity contribution in [3.8, 4) is 11.4 Å². The van der Waals surface area contributed by atoms with E-state index in [1.54, 1.807) is 7.11 Å². The minimum Gasteiger partial charge on any atom is -0.497 e. The van der Waals surface area contributed by atoms with Crippen LogP contribution in [-0.4, -0.2) is 72.4 Å². The van der Waals surface area contributed by atoms with Gasteiger partial charge in [0.25, 0.3) is 5.91 Å². The van der Waals surface area contributed by atoms with Gasteiger partial charge in [-0.3, -0.25) is 4.79 Å². The predicted octanol–water partition coefficient (Wildman–Crippen LogP) is 4.24. The summed E-state index contributed by atoms with van der Waals surface area (Å²) in [6.45, 7) is 11.4. The van der Waals surface area contributed by atoms with E-state index in [2.05, 4.69) is 54.4 Å². The zero-order valence-electron chi connectivity index (χ0n) is 21.6. The molecule has 3 aromatic rings. The van der Waals surface area contributed by atoms with E-state index in [-0.39, 0.29) is 5.91 Å². The zero-order valence-corrected chi connectivity index (χ0v) is 21.6. The molecule has 1 amide bonds. The molecule has 2 aromatic carbocycles. The minimum absolute atomic E-state index is 0.00814. The summed E-state index contributed by atoms with van der Waals surface area (Å²) in [5, 5.41) is 4.97. The molecule has 7 heteroatoms. The number of benzene rings is 2. The Morgan fingerprint density at radius 2 is 1.77 bits per heavy atom. The highest BCUT2D eigenvalue weighted by Crippen LogP contribution is 2.30. The number of hydrogen-bond donors (Lipinski definition) is 0. The van der Waals surface area contributed by atoms with E-state index < -0.39 is 0 Å². The quantitative estimate of drug-likeness (QED) is 0.488. The van der Waals surface area contributed by atoms with Crippen molar-refractivity contribution >= 4 is 11.7 Å². The van der Waals surface area contributed by atoms with Crippen LogP contribution in [0.2, 0.25) is 0 Å². The van der Waals surface area contributed by atoms with Gasteiger partial charge in [0.1, 0.15) is 11.6 Å². The summed E-state index contributed by atoms with van der Waals surface area (Å²) in [7, 11) is 3.79. The maximum absolute atomic E-state index is 13.7. The van der Waals surface area contributed by atoms with Gasteiger partial charge in [0.05, 0.1) is 25.0 Å². The summed E-state index contributed by atoms with van der Waals surface area (Å²) < 4.78 is 7.42. The van der Waals surface area contributed by atoms with Crippen LogP contribution in [-0.2, 0) is 6.54 Å². The van der Waals surface area contributed by atoms with Crippen molar-refractivity contribution in [3.63, 3.8) is 0 Å². The summed E-state index contributed by atoms with van der Waals surface area (Å²) in [4.78, 5) is 20.4. The third-order valence-corrected chi connectivity index (χ3v) is 6.50. The third kappa shape index (κ3) is 5.68. The Morgan fingerprint density at radius 3 is 2.43 bits per heavy atom. The summed E-state index contributed by atoms with van der Waals surface area (Å²) in [6, 6.07) is 17.7. The molecule has 0 N–H and O–H groups in total. The highest BCUT2D eigenvalue weighted by molar-refractivity contribution is 5.94. The Labute approximate surface area is 208 Å². The van der Waals surface area contributed by atoms with Crippen LogP contribution in [0.1, 0.15) is 35.5 Å². The standard InChI is InChI=1S/C28H37N5O2/c1-21(2)19-32(28(34)23-10-9-13-25(18-23)35-5)20-26-22(3)29-33(24-11-7-6-8-12-24)27(26)31-16-14-30(4)15-17-31/h6-13,18,21H,14-17,19-20H2,1-5H3. The first-order chi connectivity index (χ1) is 16.9. The fourth-order valence-corrected chi connectivity index (χ4v) is 4.61. The maximum atomic E-state index is 13.7. The van der Waals surface area contributed by atoms with Crippen LogP contribution < -0.4 is 9.64 Å². The maximum Gasteiger partial charge on any atom is 0.254 e. The van der Waals surface area contributed by atoms with Crippen molar-refractivity contribution in [3.05, 3.63) is 71.4 Å². The molecule has 186 valence electrons. The number of anilines is 1. The number of hydrogen-bond acceptors (Lipinski definition) is 5. The molecule has 1 aromatic heterocycles. The summed E-state index contributed by atoms with van der Waals surface area (Å²) in [6.07, 6.45) is 0. The van der Waals surface area contributed by atoms with E-state index in [1.165, 1.54) is 0 Å². The van der Waals surface area contributed by atoms with Gasteiger partial charge in [0, 0.05) is 43.9 Å². The number of carbonyl (C=O) groups is 1. The molecule has 7 nitrogen and oxygen atoms in total. The van der Waals surface area contributed by atoms with Crippen LogP contribution in [0.3, 0.4) is 0 Å². The molecule has 4 rings (SSSR count). The van der Waals surface area contributed by atoms with Gasteiger partial charge < -0.3 is 19.4 Å². The molecule has 1 fully saturated rings. The number of amides is 1. The lowest BCUT2D eigenvalue weighted by atomic mass is 10.1. The van der Waals surface area contributed by atoms with E-state index in [1.807, 2.05) is 47.4 Å². The van der Waals surface area contributed by atoms with E-state index in [0.29, 0.717) is 30.3 Å². The van der Waals surface area contributed by atoms with E-state index in [0.717, 1.165) is 48.9 Å². The van der Waals surface area contributed by atoms with Crippen LogP contribution >= 0.6 is 0 Å². The SMILES string of the molecule is COc1cccc(C(=O)N(Cc2c(C)nn(-c3ccccc3)c2N2CCN(C)CC2)CC(C)C)c1. The average molecular weight is 476 g/mol. The van der Waals surface area contributed by atoms with Gasteiger partial charge in [-0.05, 0) is 50.2 Å². The first-order valence-corrected chi connectivity index (χ1v) is 12.4. The molecule has 0 saturated carbocycles. The van der Waals surface area contributed by atoms with Gasteiger partial charge in [-0.15, -0.1) is 0 Å². The topological polar surface area (TPSA) is 53.8 Å². The van der Waals surface area contributed by atoms with Crippen LogP contribution in [0, 0.1) is 12.8 Å². The first kappa shape index (κ1) is 24.8. The average Bonchev–Trinajstić information content (AvgIpc) is 3.19. The molecule has 0 aliphatic carbocycles. The molecule has 2 heterocycles. The van der Waals surface area contributed by atoms with Gasteiger partial charge in [-0.1, -0.05) is 38.1 Å². The van der Waals surface area contributed by atoms with E-state index in [4.69, 9.17) is 9.84 Å². The monoisotopic (exact) mass is 475 g/mol. The van der Waals surface area contributed by atoms with Crippen LogP contribution in [0.25, 0.3) is 5.69 Å². The number of rotatable bonds is 8. The van der Waals surface area contributed by atoms with Crippen molar-refractivity contribution in [2.45, 2.75) is 27.3 Å². The Balaban J connectivity index is 1.74. The molecule has 1 aliphatic heterocycles. The number of piperazine rings is 1. The number of aryl methyl sites for hydroxylation is 1. The lowest BCUT2D eigenvalue weighted by molar-refractivity contribution is 0.0722. The number of carbonyl (C=O) groups excluding carboxylic acids is 1. The fourth-order valence-electron chi connectivity index (χ4n) is 4.61. The van der Waals surface area contributed by atoms with Gasteiger partial charge in [0.15, 0.2) is 0 Å². The lowest BCUT2D eigenvalue weighted by Crippen LogP contribution is -2.45. The Kier molecular flexibility index (Phi) is 7.76. The van der Waals surface area contributed by atoms with Crippen molar-refractivity contribution in [2.75, 3.05) is 51.8 Å². The number of aromatic nitrogens is 2. The summed E-state index contributed by atoms with van der Waals surface area (Å²) >= 11 is 0. The molecule has 0 unspecified atom stereocenters. The van der Waals surface area contributed by atoms with Crippen molar-refractivity contribution in [1.82, 2.24) is 19.6 Å². The molecule has 0 radical (unpaired) electrons. The van der Waals surface area contributed by atoms with E-state index in [9.17, 15) is 4.79 Å². The Hall–Kier alpha value is -3.32. The minimum atomic E-state index is 0.00814. The van der Waals surface area contributed by atoms with Crippen molar-refractivity contribution < 1.29 is 9.53 Å². The Morgan fingerprint density at radius 1 is 1.06 bits per heavy atom. The van der Waals surface area contributed by atoms with Gasteiger partial charge in [0.2, 0.25) is 0 Å². The van der Waals surface area contributed by atoms with Crippen molar-refractivity contribution in [1.29, 1.82) is 0 Å². The largest absolute Gasteiger partial charge is 0.497 e. The number of nitrogens with zero attached hydrogens (tertiary/aromatic N) is 5. The highest BCUT2D eigenvalue weighted by Gasteiger charge is 2.28. The van der Waals surface area contributed by atoms with Crippen LogP contribution in [0.15, 0.2) is 54.6 Å². The molecule has 35 heavy (non-hydrogen) atoms. The molecule has 0 atom stereocenters. The van der Waals surface area contributed by atoms with Gasteiger partial charge in [-0.25, -0.2) is 4.68 Å². The highest BCUT2D eigenvalue weighted by atomic mass is 16.5. The second kappa shape index (κ2) is 11.0. The number of methoxy groups -OCH3 is 1. The smallest absolute Gasteiger partial charge is 0.254 e. The molecular formula is C28H37N5O2. The summed E-state index contributed by atoms with van der Waals surface area (Å²) in [5.74, 6) is 2.12. The molecule has 0 spiro atoms. The Bertz CT molecular complexity index is 1130. The molecule has 0 bridgehead atoms. The van der Waals surface area contributed by atoms with Gasteiger partial charge in [-0.2, -0.15) is 5.10 Å². The molecule has 1 aliphatic rings. The van der Waals surface area contributed by atoms with Crippen LogP contribution in [0.4, 0.5) is 5.82 Å². The lowest BCUT2D eigenvalue weighted by Gasteiger charge is -2.35. The predicted molar refractivity (Wildman–Crippen MR) is 141 cm³/mol. The zero-order chi connectivity index (χ0) is 24.9. The normalized spacial score (nSPS) is 14.4. The second-order valence-electron chi connectivity index (χ2n) is 9.74. The number of likely N-dealkylation sites (N-methyl/N-ethyl adjacent to an activating group) is 1. The fraction of sp³-hybridized carbons (Fsp3) is 0.429. The van der Waals surface area contributed by atoms with Crippen molar-refractivity contribution in [2.24, 2.45) is 5.92 Å². The molecule has 1 saturated heterocycles.